The van der Waals surface area contributed by atoms with Crippen LogP contribution in [0.5, 0.6) is 0 Å². The van der Waals surface area contributed by atoms with Gasteiger partial charge in [0.15, 0.2) is 0 Å². The van der Waals surface area contributed by atoms with Crippen molar-refractivity contribution < 1.29 is 14.3 Å². The van der Waals surface area contributed by atoms with Crippen molar-refractivity contribution in [3.63, 3.8) is 0 Å². The molecule has 1 N–H and O–H groups in total. The summed E-state index contributed by atoms with van der Waals surface area (Å²) in [6.45, 7) is 5.15. The molecule has 0 saturated heterocycles. The lowest BCUT2D eigenvalue weighted by molar-refractivity contribution is -0.151. The maximum absolute atomic E-state index is 13.5. The molecular formula is C11H19FO2. The Bertz CT molecular complexity index is 192. The first-order chi connectivity index (χ1) is 6.56. The molecule has 0 saturated carbocycles. The molecule has 0 aromatic heterocycles. The predicted molar refractivity (Wildman–Crippen MR) is 55.0 cm³/mol. The van der Waals surface area contributed by atoms with Crippen molar-refractivity contribution in [3.05, 3.63) is 12.7 Å². The Balaban J connectivity index is 3.73. The van der Waals surface area contributed by atoms with Crippen LogP contribution in [0.4, 0.5) is 4.39 Å². The molecule has 0 bridgehead atoms. The summed E-state index contributed by atoms with van der Waals surface area (Å²) in [4.78, 5) is 10.6. The van der Waals surface area contributed by atoms with Gasteiger partial charge in [0.2, 0.25) is 5.67 Å². The monoisotopic (exact) mass is 202 g/mol. The predicted octanol–water partition coefficient (Wildman–Crippen LogP) is 3.33. The highest BCUT2D eigenvalue weighted by molar-refractivity contribution is 5.77. The van der Waals surface area contributed by atoms with Crippen LogP contribution in [0.2, 0.25) is 0 Å². The third-order valence-corrected chi connectivity index (χ3v) is 2.42. The fraction of sp³-hybridized carbons (Fsp3) is 0.727. The lowest BCUT2D eigenvalue weighted by Crippen LogP contribution is -2.32. The smallest absolute Gasteiger partial charge is 0.341 e. The van der Waals surface area contributed by atoms with E-state index >= 15 is 0 Å². The first-order valence-electron chi connectivity index (χ1n) is 5.10. The van der Waals surface area contributed by atoms with Gasteiger partial charge in [0.25, 0.3) is 0 Å². The van der Waals surface area contributed by atoms with Gasteiger partial charge in [-0.25, -0.2) is 9.18 Å². The zero-order valence-corrected chi connectivity index (χ0v) is 8.76. The molecule has 3 heteroatoms. The summed E-state index contributed by atoms with van der Waals surface area (Å²) in [6, 6.07) is 0. The SMILES string of the molecule is C=CCCCCCC(F)(CC)C(=O)O. The Morgan fingerprint density at radius 1 is 1.50 bits per heavy atom. The Labute approximate surface area is 84.8 Å². The number of halogens is 1. The molecule has 0 spiro atoms. The van der Waals surface area contributed by atoms with Crippen LogP contribution < -0.4 is 0 Å². The molecule has 0 rings (SSSR count). The minimum absolute atomic E-state index is 0.0454. The van der Waals surface area contributed by atoms with Gasteiger partial charge in [-0.15, -0.1) is 6.58 Å². The number of hydrogen-bond donors (Lipinski definition) is 1. The van der Waals surface area contributed by atoms with E-state index in [1.54, 1.807) is 6.92 Å². The highest BCUT2D eigenvalue weighted by Gasteiger charge is 2.35. The Kier molecular flexibility index (Phi) is 6.17. The van der Waals surface area contributed by atoms with Gasteiger partial charge in [-0.3, -0.25) is 0 Å². The quantitative estimate of drug-likeness (QED) is 0.484. The third-order valence-electron chi connectivity index (χ3n) is 2.42. The van der Waals surface area contributed by atoms with Crippen LogP contribution in [0.15, 0.2) is 12.7 Å². The fourth-order valence-electron chi connectivity index (χ4n) is 1.31. The Morgan fingerprint density at radius 3 is 2.57 bits per heavy atom. The highest BCUT2D eigenvalue weighted by atomic mass is 19.1. The molecule has 0 aromatic rings. The zero-order chi connectivity index (χ0) is 11.0. The lowest BCUT2D eigenvalue weighted by atomic mass is 9.95. The number of carbonyl (C=O) groups is 1. The maximum Gasteiger partial charge on any atom is 0.341 e. The van der Waals surface area contributed by atoms with Gasteiger partial charge in [-0.05, 0) is 32.1 Å². The number of unbranched alkanes of at least 4 members (excludes halogenated alkanes) is 3. The second kappa shape index (κ2) is 6.57. The van der Waals surface area contributed by atoms with E-state index in [0.717, 1.165) is 19.3 Å². The minimum Gasteiger partial charge on any atom is -0.479 e. The highest BCUT2D eigenvalue weighted by Crippen LogP contribution is 2.24. The summed E-state index contributed by atoms with van der Waals surface area (Å²) < 4.78 is 13.5. The van der Waals surface area contributed by atoms with Gasteiger partial charge in [0, 0.05) is 0 Å². The number of carboxylic acids is 1. The number of allylic oxidation sites excluding steroid dienone is 1. The van der Waals surface area contributed by atoms with Crippen LogP contribution in [-0.4, -0.2) is 16.7 Å². The molecule has 0 heterocycles. The molecule has 14 heavy (non-hydrogen) atoms. The number of rotatable bonds is 8. The van der Waals surface area contributed by atoms with E-state index < -0.39 is 11.6 Å². The molecule has 1 atom stereocenters. The fourth-order valence-corrected chi connectivity index (χ4v) is 1.31. The molecule has 2 nitrogen and oxygen atoms in total. The van der Waals surface area contributed by atoms with Crippen LogP contribution in [0.25, 0.3) is 0 Å². The molecule has 0 aliphatic rings. The first kappa shape index (κ1) is 13.1. The van der Waals surface area contributed by atoms with Crippen LogP contribution in [0.3, 0.4) is 0 Å². The van der Waals surface area contributed by atoms with Crippen molar-refractivity contribution in [3.8, 4) is 0 Å². The van der Waals surface area contributed by atoms with E-state index in [4.69, 9.17) is 5.11 Å². The van der Waals surface area contributed by atoms with E-state index in [-0.39, 0.29) is 12.8 Å². The molecule has 82 valence electrons. The molecule has 1 unspecified atom stereocenters. The van der Waals surface area contributed by atoms with E-state index in [1.807, 2.05) is 6.08 Å². The van der Waals surface area contributed by atoms with E-state index in [2.05, 4.69) is 6.58 Å². The van der Waals surface area contributed by atoms with Crippen LogP contribution in [-0.2, 0) is 4.79 Å². The standard InChI is InChI=1S/C11H19FO2/c1-3-5-6-7-8-9-11(12,4-2)10(13)14/h3H,1,4-9H2,2H3,(H,13,14). The summed E-state index contributed by atoms with van der Waals surface area (Å²) in [5, 5.41) is 8.64. The van der Waals surface area contributed by atoms with Gasteiger partial charge in [-0.2, -0.15) is 0 Å². The van der Waals surface area contributed by atoms with Gasteiger partial charge < -0.3 is 5.11 Å². The Hall–Kier alpha value is -0.860. The summed E-state index contributed by atoms with van der Waals surface area (Å²) in [7, 11) is 0. The summed E-state index contributed by atoms with van der Waals surface area (Å²) in [5.41, 5.74) is -2.02. The normalized spacial score (nSPS) is 14.7. The zero-order valence-electron chi connectivity index (χ0n) is 8.76. The van der Waals surface area contributed by atoms with Crippen LogP contribution in [0.1, 0.15) is 45.4 Å². The molecule has 0 fully saturated rings. The maximum atomic E-state index is 13.5. The summed E-state index contributed by atoms with van der Waals surface area (Å²) >= 11 is 0. The topological polar surface area (TPSA) is 37.3 Å². The Morgan fingerprint density at radius 2 is 2.14 bits per heavy atom. The van der Waals surface area contributed by atoms with Crippen molar-refractivity contribution in [1.82, 2.24) is 0 Å². The van der Waals surface area contributed by atoms with E-state index in [9.17, 15) is 9.18 Å². The minimum atomic E-state index is -2.02. The number of aliphatic carboxylic acids is 1. The van der Waals surface area contributed by atoms with Crippen molar-refractivity contribution >= 4 is 5.97 Å². The van der Waals surface area contributed by atoms with E-state index in [0.29, 0.717) is 6.42 Å². The number of alkyl halides is 1. The van der Waals surface area contributed by atoms with Crippen molar-refractivity contribution in [1.29, 1.82) is 0 Å². The van der Waals surface area contributed by atoms with Crippen molar-refractivity contribution in [2.75, 3.05) is 0 Å². The summed E-state index contributed by atoms with van der Waals surface area (Å²) in [6.07, 6.45) is 5.36. The molecular weight excluding hydrogens is 183 g/mol. The van der Waals surface area contributed by atoms with Crippen LogP contribution >= 0.6 is 0 Å². The van der Waals surface area contributed by atoms with Gasteiger partial charge in [0.1, 0.15) is 0 Å². The van der Waals surface area contributed by atoms with Crippen molar-refractivity contribution in [2.45, 2.75) is 51.1 Å². The largest absolute Gasteiger partial charge is 0.479 e. The summed E-state index contributed by atoms with van der Waals surface area (Å²) in [5.74, 6) is -1.33. The lowest BCUT2D eigenvalue weighted by Gasteiger charge is -2.17. The average molecular weight is 202 g/mol. The number of hydrogen-bond acceptors (Lipinski definition) is 1. The average Bonchev–Trinajstić information content (AvgIpc) is 2.17. The molecule has 0 aliphatic heterocycles. The first-order valence-corrected chi connectivity index (χ1v) is 5.10. The third kappa shape index (κ3) is 4.40. The van der Waals surface area contributed by atoms with Crippen molar-refractivity contribution in [2.24, 2.45) is 0 Å². The van der Waals surface area contributed by atoms with Gasteiger partial charge in [-0.1, -0.05) is 19.4 Å². The molecule has 0 aromatic carbocycles. The molecule has 0 aliphatic carbocycles. The molecule has 0 radical (unpaired) electrons. The molecule has 0 amide bonds. The second-order valence-corrected chi connectivity index (χ2v) is 3.51. The van der Waals surface area contributed by atoms with Gasteiger partial charge in [0.05, 0.1) is 0 Å². The second-order valence-electron chi connectivity index (χ2n) is 3.51. The number of carboxylic acid groups (broad SMARTS) is 1. The van der Waals surface area contributed by atoms with E-state index in [1.165, 1.54) is 0 Å². The van der Waals surface area contributed by atoms with Crippen LogP contribution in [0, 0.1) is 0 Å². The van der Waals surface area contributed by atoms with Gasteiger partial charge >= 0.3 is 5.97 Å².